The largest absolute Gasteiger partial charge is 0.480 e. The van der Waals surface area contributed by atoms with Crippen LogP contribution in [0.3, 0.4) is 0 Å². The fourth-order valence-electron chi connectivity index (χ4n) is 1.92. The number of aliphatic hydroxyl groups excluding tert-OH is 1. The molecule has 104 valence electrons. The average molecular weight is 271 g/mol. The van der Waals surface area contributed by atoms with Gasteiger partial charge in [-0.05, 0) is 16.7 Å². The lowest BCUT2D eigenvalue weighted by Gasteiger charge is -2.11. The summed E-state index contributed by atoms with van der Waals surface area (Å²) in [5.41, 5.74) is 3.24. The molecule has 0 unspecified atom stereocenters. The molecule has 0 saturated heterocycles. The number of hydrogen-bond donors (Lipinski definition) is 3. The van der Waals surface area contributed by atoms with Crippen LogP contribution in [0, 0.1) is 0 Å². The molecule has 0 aliphatic carbocycles. The van der Waals surface area contributed by atoms with E-state index >= 15 is 0 Å². The van der Waals surface area contributed by atoms with Gasteiger partial charge in [-0.1, -0.05) is 54.6 Å². The summed E-state index contributed by atoms with van der Waals surface area (Å²) in [5.74, 6) is -1.05. The Bertz CT molecular complexity index is 552. The molecule has 4 heteroatoms. The lowest BCUT2D eigenvalue weighted by Crippen LogP contribution is -2.39. The number of aliphatic carboxylic acids is 1. The number of nitrogens with one attached hydrogen (secondary N) is 1. The van der Waals surface area contributed by atoms with Crippen LogP contribution in [0.2, 0.25) is 0 Å². The highest BCUT2D eigenvalue weighted by atomic mass is 16.4. The van der Waals surface area contributed by atoms with Gasteiger partial charge in [-0.2, -0.15) is 0 Å². The minimum Gasteiger partial charge on any atom is -0.480 e. The van der Waals surface area contributed by atoms with Crippen LogP contribution in [0.1, 0.15) is 5.56 Å². The van der Waals surface area contributed by atoms with Crippen molar-refractivity contribution in [2.75, 3.05) is 6.61 Å². The van der Waals surface area contributed by atoms with Gasteiger partial charge in [0.15, 0.2) is 0 Å². The van der Waals surface area contributed by atoms with E-state index in [1.54, 1.807) is 0 Å². The van der Waals surface area contributed by atoms with E-state index in [-0.39, 0.29) is 0 Å². The van der Waals surface area contributed by atoms with E-state index in [9.17, 15) is 4.79 Å². The normalized spacial score (nSPS) is 12.1. The summed E-state index contributed by atoms with van der Waals surface area (Å²) in [6.45, 7) is -0.00989. The first-order valence-corrected chi connectivity index (χ1v) is 6.42. The van der Waals surface area contributed by atoms with Crippen molar-refractivity contribution in [1.29, 1.82) is 0 Å². The fourth-order valence-corrected chi connectivity index (χ4v) is 1.92. The third kappa shape index (κ3) is 3.66. The van der Waals surface area contributed by atoms with E-state index in [1.807, 2.05) is 54.6 Å². The van der Waals surface area contributed by atoms with Crippen LogP contribution in [-0.4, -0.2) is 28.8 Å². The van der Waals surface area contributed by atoms with Crippen LogP contribution in [0.25, 0.3) is 11.1 Å². The maximum absolute atomic E-state index is 10.8. The second kappa shape index (κ2) is 6.84. The number of hydrogen-bond acceptors (Lipinski definition) is 3. The van der Waals surface area contributed by atoms with Gasteiger partial charge in [-0.3, -0.25) is 10.1 Å². The summed E-state index contributed by atoms with van der Waals surface area (Å²) >= 11 is 0. The van der Waals surface area contributed by atoms with Crippen molar-refractivity contribution in [3.63, 3.8) is 0 Å². The molecule has 20 heavy (non-hydrogen) atoms. The molecule has 0 aliphatic heterocycles. The van der Waals surface area contributed by atoms with Gasteiger partial charge in [-0.25, -0.2) is 0 Å². The summed E-state index contributed by atoms with van der Waals surface area (Å²) in [4.78, 5) is 10.8. The number of carboxylic acids is 1. The van der Waals surface area contributed by atoms with Crippen molar-refractivity contribution in [2.24, 2.45) is 0 Å². The van der Waals surface area contributed by atoms with Crippen molar-refractivity contribution in [1.82, 2.24) is 5.32 Å². The molecule has 0 aromatic heterocycles. The van der Waals surface area contributed by atoms with Gasteiger partial charge in [-0.15, -0.1) is 0 Å². The Morgan fingerprint density at radius 3 is 2.15 bits per heavy atom. The molecule has 0 bridgehead atoms. The molecule has 0 aliphatic rings. The van der Waals surface area contributed by atoms with Crippen molar-refractivity contribution in [3.05, 3.63) is 60.2 Å². The van der Waals surface area contributed by atoms with E-state index in [2.05, 4.69) is 5.32 Å². The number of carboxylic acid groups (broad SMARTS) is 1. The highest BCUT2D eigenvalue weighted by Gasteiger charge is 2.14. The Kier molecular flexibility index (Phi) is 4.87. The zero-order chi connectivity index (χ0) is 14.4. The maximum Gasteiger partial charge on any atom is 0.323 e. The highest BCUT2D eigenvalue weighted by Crippen LogP contribution is 2.19. The van der Waals surface area contributed by atoms with Crippen LogP contribution >= 0.6 is 0 Å². The quantitative estimate of drug-likeness (QED) is 0.750. The van der Waals surface area contributed by atoms with Crippen LogP contribution in [0.5, 0.6) is 0 Å². The summed E-state index contributed by atoms with van der Waals surface area (Å²) in [6, 6.07) is 17.0. The monoisotopic (exact) mass is 271 g/mol. The van der Waals surface area contributed by atoms with E-state index in [0.717, 1.165) is 16.7 Å². The molecule has 1 atom stereocenters. The molecule has 0 fully saturated rings. The van der Waals surface area contributed by atoms with Crippen molar-refractivity contribution in [2.45, 2.75) is 12.6 Å². The minimum absolute atomic E-state index is 0.409. The molecule has 2 aromatic carbocycles. The zero-order valence-corrected chi connectivity index (χ0v) is 11.0. The Morgan fingerprint density at radius 2 is 1.60 bits per heavy atom. The average Bonchev–Trinajstić information content (AvgIpc) is 2.49. The van der Waals surface area contributed by atoms with E-state index in [1.165, 1.54) is 0 Å². The molecular formula is C16H17NO3. The van der Waals surface area contributed by atoms with Gasteiger partial charge < -0.3 is 10.2 Å². The fraction of sp³-hybridized carbons (Fsp3) is 0.188. The minimum atomic E-state index is -1.05. The molecule has 2 aromatic rings. The molecule has 0 saturated carbocycles. The van der Waals surface area contributed by atoms with Crippen LogP contribution in [-0.2, 0) is 11.3 Å². The Hall–Kier alpha value is -2.17. The SMILES string of the molecule is O=C(O)[C@H](CO)NCc1ccc(-c2ccccc2)cc1. The molecule has 3 N–H and O–H groups in total. The number of benzene rings is 2. The predicted octanol–water partition coefficient (Wildman–Crippen LogP) is 1.89. The summed E-state index contributed by atoms with van der Waals surface area (Å²) in [5, 5.41) is 20.5. The van der Waals surface area contributed by atoms with Crippen molar-refractivity contribution < 1.29 is 15.0 Å². The third-order valence-corrected chi connectivity index (χ3v) is 3.09. The number of carbonyl (C=O) groups is 1. The molecule has 2 rings (SSSR count). The Morgan fingerprint density at radius 1 is 1.00 bits per heavy atom. The van der Waals surface area contributed by atoms with Gasteiger partial charge in [0.25, 0.3) is 0 Å². The Balaban J connectivity index is 2.00. The van der Waals surface area contributed by atoms with Gasteiger partial charge >= 0.3 is 5.97 Å². The second-order valence-corrected chi connectivity index (χ2v) is 4.52. The zero-order valence-electron chi connectivity index (χ0n) is 11.0. The Labute approximate surface area is 117 Å². The topological polar surface area (TPSA) is 69.6 Å². The standard InChI is InChI=1S/C16H17NO3/c18-11-15(16(19)20)17-10-12-6-8-14(9-7-12)13-4-2-1-3-5-13/h1-9,15,17-18H,10-11H2,(H,19,20)/t15-/m0/s1. The molecule has 0 amide bonds. The highest BCUT2D eigenvalue weighted by molar-refractivity contribution is 5.73. The predicted molar refractivity (Wildman–Crippen MR) is 77.2 cm³/mol. The van der Waals surface area contributed by atoms with Crippen LogP contribution in [0.4, 0.5) is 0 Å². The van der Waals surface area contributed by atoms with Gasteiger partial charge in [0, 0.05) is 6.54 Å². The molecule has 4 nitrogen and oxygen atoms in total. The van der Waals surface area contributed by atoms with Gasteiger partial charge in [0.05, 0.1) is 6.61 Å². The molecule has 0 heterocycles. The number of rotatable bonds is 6. The lowest BCUT2D eigenvalue weighted by molar-refractivity contribution is -0.140. The van der Waals surface area contributed by atoms with Crippen LogP contribution < -0.4 is 5.32 Å². The van der Waals surface area contributed by atoms with Crippen molar-refractivity contribution >= 4 is 5.97 Å². The maximum atomic E-state index is 10.8. The van der Waals surface area contributed by atoms with E-state index < -0.39 is 18.6 Å². The first-order valence-electron chi connectivity index (χ1n) is 6.42. The number of aliphatic hydroxyl groups is 1. The summed E-state index contributed by atoms with van der Waals surface area (Å²) in [6.07, 6.45) is 0. The van der Waals surface area contributed by atoms with Gasteiger partial charge in [0.1, 0.15) is 6.04 Å². The summed E-state index contributed by atoms with van der Waals surface area (Å²) in [7, 11) is 0. The summed E-state index contributed by atoms with van der Waals surface area (Å²) < 4.78 is 0. The van der Waals surface area contributed by atoms with E-state index in [0.29, 0.717) is 6.54 Å². The molecule has 0 spiro atoms. The molecular weight excluding hydrogens is 254 g/mol. The van der Waals surface area contributed by atoms with Crippen LogP contribution in [0.15, 0.2) is 54.6 Å². The van der Waals surface area contributed by atoms with Crippen molar-refractivity contribution in [3.8, 4) is 11.1 Å². The van der Waals surface area contributed by atoms with Gasteiger partial charge in [0.2, 0.25) is 0 Å². The lowest BCUT2D eigenvalue weighted by atomic mass is 10.0. The first kappa shape index (κ1) is 14.2. The van der Waals surface area contributed by atoms with E-state index in [4.69, 9.17) is 10.2 Å². The smallest absolute Gasteiger partial charge is 0.323 e. The third-order valence-electron chi connectivity index (χ3n) is 3.09. The molecule has 0 radical (unpaired) electrons. The first-order chi connectivity index (χ1) is 9.70. The second-order valence-electron chi connectivity index (χ2n) is 4.52.